The Kier molecular flexibility index (Phi) is 5.13. The van der Waals surface area contributed by atoms with E-state index in [4.69, 9.17) is 4.98 Å². The second-order valence-corrected chi connectivity index (χ2v) is 8.12. The molecule has 0 saturated carbocycles. The molecular weight excluding hydrogens is 368 g/mol. The second-order valence-electron chi connectivity index (χ2n) is 8.12. The van der Waals surface area contributed by atoms with Crippen LogP contribution in [-0.4, -0.2) is 10.9 Å². The van der Waals surface area contributed by atoms with E-state index in [-0.39, 0.29) is 5.91 Å². The summed E-state index contributed by atoms with van der Waals surface area (Å²) >= 11 is 0. The Morgan fingerprint density at radius 2 is 1.43 bits per heavy atom. The van der Waals surface area contributed by atoms with Crippen LogP contribution >= 0.6 is 0 Å². The summed E-state index contributed by atoms with van der Waals surface area (Å²) in [6.07, 6.45) is 0. The van der Waals surface area contributed by atoms with Crippen LogP contribution in [0.1, 0.15) is 38.2 Å². The second kappa shape index (κ2) is 7.75. The summed E-state index contributed by atoms with van der Waals surface area (Å²) in [5, 5.41) is 4.00. The summed E-state index contributed by atoms with van der Waals surface area (Å²) in [7, 11) is 0. The number of nitrogens with one attached hydrogen (secondary N) is 1. The van der Waals surface area contributed by atoms with E-state index in [1.807, 2.05) is 44.2 Å². The van der Waals surface area contributed by atoms with Crippen LogP contribution in [0.3, 0.4) is 0 Å². The van der Waals surface area contributed by atoms with Crippen molar-refractivity contribution in [1.29, 1.82) is 0 Å². The zero-order valence-electron chi connectivity index (χ0n) is 18.1. The van der Waals surface area contributed by atoms with Crippen molar-refractivity contribution in [2.24, 2.45) is 0 Å². The Bertz CT molecular complexity index is 1260. The number of amides is 1. The highest BCUT2D eigenvalue weighted by Gasteiger charge is 2.16. The third-order valence-electron chi connectivity index (χ3n) is 5.53. The fourth-order valence-electron chi connectivity index (χ4n) is 4.16. The van der Waals surface area contributed by atoms with Gasteiger partial charge in [-0.1, -0.05) is 59.7 Å². The van der Waals surface area contributed by atoms with E-state index in [0.29, 0.717) is 5.56 Å². The van der Waals surface area contributed by atoms with Crippen molar-refractivity contribution in [2.45, 2.75) is 34.6 Å². The Hall–Kier alpha value is -3.46. The first-order chi connectivity index (χ1) is 14.3. The maximum absolute atomic E-state index is 13.4. The molecule has 3 heteroatoms. The van der Waals surface area contributed by atoms with Crippen LogP contribution in [0.15, 0.2) is 60.7 Å². The summed E-state index contributed by atoms with van der Waals surface area (Å²) in [5.74, 6) is -0.116. The molecule has 4 aromatic rings. The number of fused-ring (bicyclic) bond motifs is 1. The number of pyridine rings is 1. The van der Waals surface area contributed by atoms with Gasteiger partial charge in [-0.2, -0.15) is 0 Å². The highest BCUT2D eigenvalue weighted by molar-refractivity contribution is 6.13. The van der Waals surface area contributed by atoms with Gasteiger partial charge in [0.05, 0.1) is 16.8 Å². The van der Waals surface area contributed by atoms with E-state index in [1.165, 1.54) is 11.1 Å². The third-order valence-corrected chi connectivity index (χ3v) is 5.53. The monoisotopic (exact) mass is 394 g/mol. The number of nitrogens with zero attached hydrogens (tertiary/aromatic N) is 1. The van der Waals surface area contributed by atoms with Crippen molar-refractivity contribution >= 4 is 22.5 Å². The number of anilines is 1. The minimum absolute atomic E-state index is 0.116. The van der Waals surface area contributed by atoms with Gasteiger partial charge in [0.2, 0.25) is 0 Å². The minimum Gasteiger partial charge on any atom is -0.321 e. The molecule has 0 radical (unpaired) electrons. The molecule has 0 spiro atoms. The molecule has 0 bridgehead atoms. The fraction of sp³-hybridized carbons (Fsp3) is 0.185. The topological polar surface area (TPSA) is 42.0 Å². The molecule has 0 aliphatic rings. The first-order valence-electron chi connectivity index (χ1n) is 10.2. The highest BCUT2D eigenvalue weighted by atomic mass is 16.1. The van der Waals surface area contributed by atoms with Gasteiger partial charge in [0.25, 0.3) is 5.91 Å². The van der Waals surface area contributed by atoms with Gasteiger partial charge in [-0.05, 0) is 63.4 Å². The molecule has 1 aromatic heterocycles. The van der Waals surface area contributed by atoms with E-state index in [9.17, 15) is 4.79 Å². The van der Waals surface area contributed by atoms with Crippen molar-refractivity contribution in [3.05, 3.63) is 94.0 Å². The molecule has 0 atom stereocenters. The maximum atomic E-state index is 13.4. The van der Waals surface area contributed by atoms with Crippen molar-refractivity contribution in [1.82, 2.24) is 4.98 Å². The number of benzene rings is 3. The number of carbonyl (C=O) groups is 1. The predicted octanol–water partition coefficient (Wildman–Crippen LogP) is 6.70. The van der Waals surface area contributed by atoms with E-state index in [2.05, 4.69) is 56.4 Å². The number of aryl methyl sites for hydroxylation is 5. The lowest BCUT2D eigenvalue weighted by molar-refractivity contribution is 0.102. The van der Waals surface area contributed by atoms with Gasteiger partial charge in [0.1, 0.15) is 0 Å². The van der Waals surface area contributed by atoms with Crippen LogP contribution in [0.25, 0.3) is 22.2 Å². The van der Waals surface area contributed by atoms with Crippen LogP contribution < -0.4 is 5.32 Å². The number of hydrogen-bond donors (Lipinski definition) is 1. The van der Waals surface area contributed by atoms with Gasteiger partial charge in [-0.25, -0.2) is 4.98 Å². The van der Waals surface area contributed by atoms with Crippen LogP contribution in [0.5, 0.6) is 0 Å². The molecule has 0 saturated heterocycles. The first-order valence-corrected chi connectivity index (χ1v) is 10.2. The van der Waals surface area contributed by atoms with E-state index in [1.54, 1.807) is 0 Å². The summed E-state index contributed by atoms with van der Waals surface area (Å²) in [5.41, 5.74) is 9.86. The normalized spacial score (nSPS) is 11.0. The van der Waals surface area contributed by atoms with Gasteiger partial charge in [-0.15, -0.1) is 0 Å². The van der Waals surface area contributed by atoms with Crippen molar-refractivity contribution in [2.75, 3.05) is 5.32 Å². The Morgan fingerprint density at radius 3 is 2.13 bits per heavy atom. The lowest BCUT2D eigenvalue weighted by Crippen LogP contribution is -2.15. The predicted molar refractivity (Wildman–Crippen MR) is 125 cm³/mol. The molecular formula is C27H26N2O. The van der Waals surface area contributed by atoms with Crippen LogP contribution in [-0.2, 0) is 0 Å². The molecule has 1 heterocycles. The van der Waals surface area contributed by atoms with E-state index >= 15 is 0 Å². The Morgan fingerprint density at radius 1 is 0.767 bits per heavy atom. The summed E-state index contributed by atoms with van der Waals surface area (Å²) in [6, 6.07) is 20.2. The molecule has 3 nitrogen and oxygen atoms in total. The highest BCUT2D eigenvalue weighted by Crippen LogP contribution is 2.29. The van der Waals surface area contributed by atoms with Crippen LogP contribution in [0, 0.1) is 34.6 Å². The Balaban J connectivity index is 1.85. The summed E-state index contributed by atoms with van der Waals surface area (Å²) in [6.45, 7) is 10.3. The smallest absolute Gasteiger partial charge is 0.256 e. The van der Waals surface area contributed by atoms with Crippen molar-refractivity contribution in [3.8, 4) is 11.3 Å². The molecule has 0 fully saturated rings. The third kappa shape index (κ3) is 3.71. The standard InChI is InChI=1S/C27H26N2O/c1-16-10-11-21(18(3)12-16)25-15-23(22-8-6-7-9-24(22)28-25)27(30)29-26-19(4)13-17(2)14-20(26)5/h6-15H,1-5H3,(H,29,30). The average molecular weight is 395 g/mol. The maximum Gasteiger partial charge on any atom is 0.256 e. The van der Waals surface area contributed by atoms with Crippen molar-refractivity contribution in [3.63, 3.8) is 0 Å². The van der Waals surface area contributed by atoms with Gasteiger partial charge in [0, 0.05) is 16.6 Å². The van der Waals surface area contributed by atoms with Crippen LogP contribution in [0.4, 0.5) is 5.69 Å². The fourth-order valence-corrected chi connectivity index (χ4v) is 4.16. The number of para-hydroxylation sites is 1. The number of aromatic nitrogens is 1. The van der Waals surface area contributed by atoms with Gasteiger partial charge in [-0.3, -0.25) is 4.79 Å². The molecule has 4 rings (SSSR count). The number of rotatable bonds is 3. The molecule has 0 unspecified atom stereocenters. The van der Waals surface area contributed by atoms with Crippen molar-refractivity contribution < 1.29 is 4.79 Å². The SMILES string of the molecule is Cc1ccc(-c2cc(C(=O)Nc3c(C)cc(C)cc3C)c3ccccc3n2)c(C)c1. The largest absolute Gasteiger partial charge is 0.321 e. The molecule has 0 aliphatic heterocycles. The molecule has 0 aliphatic carbocycles. The van der Waals surface area contributed by atoms with Crippen LogP contribution in [0.2, 0.25) is 0 Å². The quantitative estimate of drug-likeness (QED) is 0.420. The molecule has 150 valence electrons. The van der Waals surface area contributed by atoms with Gasteiger partial charge in [0.15, 0.2) is 0 Å². The summed E-state index contributed by atoms with van der Waals surface area (Å²) < 4.78 is 0. The number of hydrogen-bond acceptors (Lipinski definition) is 2. The first kappa shape index (κ1) is 19.8. The molecule has 1 N–H and O–H groups in total. The molecule has 1 amide bonds. The van der Waals surface area contributed by atoms with E-state index in [0.717, 1.165) is 44.5 Å². The molecule has 30 heavy (non-hydrogen) atoms. The minimum atomic E-state index is -0.116. The van der Waals surface area contributed by atoms with Gasteiger partial charge < -0.3 is 5.32 Å². The van der Waals surface area contributed by atoms with E-state index < -0.39 is 0 Å². The lowest BCUT2D eigenvalue weighted by atomic mass is 9.99. The summed E-state index contributed by atoms with van der Waals surface area (Å²) in [4.78, 5) is 18.3. The lowest BCUT2D eigenvalue weighted by Gasteiger charge is -2.15. The zero-order chi connectivity index (χ0) is 21.4. The Labute approximate surface area is 177 Å². The zero-order valence-corrected chi connectivity index (χ0v) is 18.1. The average Bonchev–Trinajstić information content (AvgIpc) is 2.69. The number of carbonyl (C=O) groups excluding carboxylic acids is 1. The molecule has 3 aromatic carbocycles. The van der Waals surface area contributed by atoms with Gasteiger partial charge >= 0.3 is 0 Å².